The van der Waals surface area contributed by atoms with Crippen LogP contribution in [0.2, 0.25) is 19.1 Å². The Kier molecular flexibility index (Phi) is 6.37. The average Bonchev–Trinajstić information content (AvgIpc) is 2.88. The molecule has 5 heteroatoms. The molecule has 0 bridgehead atoms. The van der Waals surface area contributed by atoms with Crippen molar-refractivity contribution < 1.29 is 13.3 Å². The molecule has 0 spiro atoms. The van der Waals surface area contributed by atoms with Crippen molar-refractivity contribution in [3.63, 3.8) is 0 Å². The molecule has 0 heterocycles. The maximum absolute atomic E-state index is 5.72. The third kappa shape index (κ3) is 3.48. The van der Waals surface area contributed by atoms with Crippen LogP contribution in [0.1, 0.15) is 20.3 Å². The van der Waals surface area contributed by atoms with Crippen molar-refractivity contribution in [3.05, 3.63) is 34.7 Å². The van der Waals surface area contributed by atoms with Gasteiger partial charge >= 0.3 is 8.80 Å². The monoisotopic (exact) mass is 326 g/mol. The highest BCUT2D eigenvalue weighted by atomic mass is 28.4. The van der Waals surface area contributed by atoms with Crippen molar-refractivity contribution in [2.75, 3.05) is 21.3 Å². The Morgan fingerprint density at radius 1 is 1.19 bits per heavy atom. The lowest BCUT2D eigenvalue weighted by atomic mass is 10.1. The molecule has 0 aromatic heterocycles. The second-order valence-electron chi connectivity index (χ2n) is 6.41. The lowest BCUT2D eigenvalue weighted by Gasteiger charge is -2.31. The van der Waals surface area contributed by atoms with E-state index in [4.69, 9.17) is 13.3 Å². The largest absolute Gasteiger partial charge is 0.532 e. The Labute approximate surface area is 132 Å². The number of allylic oxidation sites excluding steroid dienone is 5. The van der Waals surface area contributed by atoms with E-state index in [-0.39, 0.29) is 0 Å². The molecule has 120 valence electrons. The summed E-state index contributed by atoms with van der Waals surface area (Å²) in [6.45, 7) is 13.2. The Morgan fingerprint density at radius 3 is 2.10 bits per heavy atom. The minimum absolute atomic E-state index is 0.442. The summed E-state index contributed by atoms with van der Waals surface area (Å²) in [7, 11) is 0.823. The van der Waals surface area contributed by atoms with E-state index in [9.17, 15) is 0 Å². The molecule has 0 amide bonds. The van der Waals surface area contributed by atoms with Gasteiger partial charge in [0.05, 0.1) is 8.07 Å². The van der Waals surface area contributed by atoms with E-state index in [0.717, 1.165) is 12.5 Å². The molecular weight excluding hydrogens is 296 g/mol. The van der Waals surface area contributed by atoms with E-state index in [1.807, 2.05) is 0 Å². The molecule has 0 aromatic rings. The fraction of sp³-hybridized carbons (Fsp3) is 0.625. The molecule has 0 saturated carbocycles. The van der Waals surface area contributed by atoms with Gasteiger partial charge in [0.15, 0.2) is 0 Å². The van der Waals surface area contributed by atoms with Gasteiger partial charge in [0, 0.05) is 26.5 Å². The zero-order valence-electron chi connectivity index (χ0n) is 14.6. The molecule has 3 nitrogen and oxygen atoms in total. The van der Waals surface area contributed by atoms with Gasteiger partial charge in [-0.05, 0) is 24.0 Å². The predicted molar refractivity (Wildman–Crippen MR) is 93.8 cm³/mol. The second kappa shape index (κ2) is 7.20. The van der Waals surface area contributed by atoms with Crippen molar-refractivity contribution in [3.8, 4) is 0 Å². The van der Waals surface area contributed by atoms with Crippen molar-refractivity contribution in [1.82, 2.24) is 0 Å². The van der Waals surface area contributed by atoms with Crippen molar-refractivity contribution >= 4 is 16.9 Å². The van der Waals surface area contributed by atoms with Gasteiger partial charge in [-0.25, -0.2) is 0 Å². The van der Waals surface area contributed by atoms with Gasteiger partial charge in [-0.1, -0.05) is 44.3 Å². The lowest BCUT2D eigenvalue weighted by molar-refractivity contribution is 0.133. The third-order valence-electron chi connectivity index (χ3n) is 4.26. The smallest absolute Gasteiger partial charge is 0.374 e. The van der Waals surface area contributed by atoms with Crippen LogP contribution in [0.25, 0.3) is 0 Å². The van der Waals surface area contributed by atoms with Crippen molar-refractivity contribution in [1.29, 1.82) is 0 Å². The Morgan fingerprint density at radius 2 is 1.71 bits per heavy atom. The Bertz CT molecular complexity index is 438. The van der Waals surface area contributed by atoms with Crippen LogP contribution >= 0.6 is 0 Å². The van der Waals surface area contributed by atoms with E-state index in [2.05, 4.69) is 45.7 Å². The van der Waals surface area contributed by atoms with Crippen LogP contribution in [0.3, 0.4) is 0 Å². The quantitative estimate of drug-likeness (QED) is 0.496. The van der Waals surface area contributed by atoms with Crippen LogP contribution in [0.15, 0.2) is 34.7 Å². The first kappa shape index (κ1) is 18.6. The van der Waals surface area contributed by atoms with Gasteiger partial charge < -0.3 is 13.3 Å². The summed E-state index contributed by atoms with van der Waals surface area (Å²) in [6.07, 6.45) is 5.31. The first-order valence-electron chi connectivity index (χ1n) is 7.50. The minimum Gasteiger partial charge on any atom is -0.374 e. The van der Waals surface area contributed by atoms with Crippen LogP contribution in [0, 0.1) is 5.92 Å². The molecule has 0 radical (unpaired) electrons. The molecule has 0 N–H and O–H groups in total. The standard InChI is InChI=1S/C16H30O3Si2/c1-9-12-20(7,8)14-10-11-15(16(14)13(2)3)21(17-4,18-5)19-6/h9-10,13H,1,11-12H2,2-8H3. The number of rotatable bonds is 8. The summed E-state index contributed by atoms with van der Waals surface area (Å²) in [4.78, 5) is 0. The van der Waals surface area contributed by atoms with Crippen LogP contribution < -0.4 is 0 Å². The predicted octanol–water partition coefficient (Wildman–Crippen LogP) is 4.12. The highest BCUT2D eigenvalue weighted by molar-refractivity contribution is 6.86. The van der Waals surface area contributed by atoms with Gasteiger partial charge in [0.2, 0.25) is 0 Å². The first-order valence-corrected chi connectivity index (χ1v) is 12.4. The summed E-state index contributed by atoms with van der Waals surface area (Å²) in [6, 6.07) is 1.09. The highest BCUT2D eigenvalue weighted by Gasteiger charge is 2.48. The van der Waals surface area contributed by atoms with Crippen LogP contribution in [0.5, 0.6) is 0 Å². The van der Waals surface area contributed by atoms with Crippen LogP contribution in [-0.2, 0) is 13.3 Å². The molecule has 0 atom stereocenters. The SMILES string of the molecule is C=CC[Si](C)(C)C1=CCC([Si](OC)(OC)OC)=C1C(C)C. The van der Waals surface area contributed by atoms with Crippen molar-refractivity contribution in [2.24, 2.45) is 5.92 Å². The molecule has 1 aliphatic rings. The summed E-state index contributed by atoms with van der Waals surface area (Å²) in [5.41, 5.74) is 1.41. The zero-order valence-corrected chi connectivity index (χ0v) is 16.6. The first-order chi connectivity index (χ1) is 9.79. The average molecular weight is 327 g/mol. The fourth-order valence-corrected chi connectivity index (χ4v) is 8.50. The highest BCUT2D eigenvalue weighted by Crippen LogP contribution is 2.42. The maximum Gasteiger partial charge on any atom is 0.532 e. The molecule has 0 unspecified atom stereocenters. The van der Waals surface area contributed by atoms with Gasteiger partial charge in [-0.3, -0.25) is 0 Å². The molecule has 0 fully saturated rings. The molecule has 0 saturated heterocycles. The summed E-state index contributed by atoms with van der Waals surface area (Å²) in [5, 5.41) is 2.76. The topological polar surface area (TPSA) is 27.7 Å². The minimum atomic E-state index is -2.73. The molecule has 0 aliphatic heterocycles. The normalized spacial score (nSPS) is 16.7. The lowest BCUT2D eigenvalue weighted by Crippen LogP contribution is -2.46. The van der Waals surface area contributed by atoms with Gasteiger partial charge in [-0.2, -0.15) is 0 Å². The Balaban J connectivity index is 3.38. The Hall–Kier alpha value is -0.466. The summed E-state index contributed by atoms with van der Waals surface area (Å²) >= 11 is 0. The number of hydrogen-bond donors (Lipinski definition) is 0. The maximum atomic E-state index is 5.72. The van der Waals surface area contributed by atoms with E-state index in [1.54, 1.807) is 21.3 Å². The fourth-order valence-electron chi connectivity index (χ4n) is 3.27. The summed E-state index contributed by atoms with van der Waals surface area (Å²) in [5.74, 6) is 0.442. The van der Waals surface area contributed by atoms with Crippen molar-refractivity contribution in [2.45, 2.75) is 39.4 Å². The van der Waals surface area contributed by atoms with Gasteiger partial charge in [0.1, 0.15) is 0 Å². The van der Waals surface area contributed by atoms with E-state index < -0.39 is 16.9 Å². The third-order valence-corrected chi connectivity index (χ3v) is 10.3. The molecule has 1 rings (SSSR count). The number of hydrogen-bond acceptors (Lipinski definition) is 3. The molecular formula is C16H30O3Si2. The van der Waals surface area contributed by atoms with E-state index in [0.29, 0.717) is 5.92 Å². The molecule has 1 aliphatic carbocycles. The second-order valence-corrected chi connectivity index (χ2v) is 14.1. The van der Waals surface area contributed by atoms with Crippen LogP contribution in [0.4, 0.5) is 0 Å². The van der Waals surface area contributed by atoms with Crippen LogP contribution in [-0.4, -0.2) is 38.2 Å². The van der Waals surface area contributed by atoms with Gasteiger partial charge in [-0.15, -0.1) is 6.58 Å². The van der Waals surface area contributed by atoms with E-state index >= 15 is 0 Å². The molecule has 0 aromatic carbocycles. The van der Waals surface area contributed by atoms with Gasteiger partial charge in [0.25, 0.3) is 0 Å². The van der Waals surface area contributed by atoms with E-state index in [1.165, 1.54) is 16.0 Å². The molecule has 21 heavy (non-hydrogen) atoms. The summed E-state index contributed by atoms with van der Waals surface area (Å²) < 4.78 is 17.2. The zero-order chi connectivity index (χ0) is 16.3.